The van der Waals surface area contributed by atoms with E-state index in [9.17, 15) is 10.1 Å². The van der Waals surface area contributed by atoms with Crippen molar-refractivity contribution in [2.75, 3.05) is 5.32 Å². The van der Waals surface area contributed by atoms with E-state index >= 15 is 0 Å². The molecule has 0 saturated heterocycles. The number of nitrogens with one attached hydrogen (secondary N) is 1. The molecule has 0 amide bonds. The summed E-state index contributed by atoms with van der Waals surface area (Å²) in [6.45, 7) is 1.74. The second kappa shape index (κ2) is 5.09. The summed E-state index contributed by atoms with van der Waals surface area (Å²) >= 11 is 0. The first-order valence-electron chi connectivity index (χ1n) is 5.18. The molecule has 0 fully saturated rings. The van der Waals surface area contributed by atoms with Crippen molar-refractivity contribution in [3.63, 3.8) is 0 Å². The van der Waals surface area contributed by atoms with E-state index in [0.717, 1.165) is 0 Å². The number of hydrogen-bond donors (Lipinski definition) is 1. The summed E-state index contributed by atoms with van der Waals surface area (Å²) in [5.74, 6) is 0.723. The number of rotatable bonds is 4. The van der Waals surface area contributed by atoms with Crippen LogP contribution >= 0.6 is 0 Å². The Morgan fingerprint density at radius 2 is 2.42 bits per heavy atom. The molecule has 2 rings (SSSR count). The summed E-state index contributed by atoms with van der Waals surface area (Å²) in [6, 6.07) is 3.02. The Balaban J connectivity index is 2.25. The number of pyridine rings is 1. The Kier molecular flexibility index (Phi) is 3.33. The molecule has 19 heavy (non-hydrogen) atoms. The molecule has 0 aromatic carbocycles. The van der Waals surface area contributed by atoms with E-state index < -0.39 is 4.92 Å². The van der Waals surface area contributed by atoms with Gasteiger partial charge in [0.2, 0.25) is 11.7 Å². The molecular formula is C10H8N6O3. The number of anilines is 1. The highest BCUT2D eigenvalue weighted by Crippen LogP contribution is 2.25. The first-order chi connectivity index (χ1) is 9.11. The van der Waals surface area contributed by atoms with Crippen LogP contribution in [0.5, 0.6) is 0 Å². The molecule has 0 bridgehead atoms. The fourth-order valence-electron chi connectivity index (χ4n) is 1.43. The Bertz CT molecular complexity index is 660. The van der Waals surface area contributed by atoms with Crippen molar-refractivity contribution < 1.29 is 9.45 Å². The molecular weight excluding hydrogens is 252 g/mol. The van der Waals surface area contributed by atoms with Crippen molar-refractivity contribution in [1.82, 2.24) is 15.1 Å². The molecule has 0 aliphatic heterocycles. The Labute approximate surface area is 107 Å². The minimum atomic E-state index is -0.660. The zero-order valence-electron chi connectivity index (χ0n) is 9.82. The lowest BCUT2D eigenvalue weighted by atomic mass is 10.2. The van der Waals surface area contributed by atoms with E-state index in [1.165, 1.54) is 12.3 Å². The van der Waals surface area contributed by atoms with Gasteiger partial charge in [-0.3, -0.25) is 10.1 Å². The zero-order valence-corrected chi connectivity index (χ0v) is 9.82. The molecule has 0 spiro atoms. The number of aromatic nitrogens is 3. The van der Waals surface area contributed by atoms with Crippen LogP contribution in [-0.2, 0) is 6.54 Å². The van der Waals surface area contributed by atoms with Crippen LogP contribution in [-0.4, -0.2) is 20.0 Å². The van der Waals surface area contributed by atoms with Gasteiger partial charge in [0.15, 0.2) is 5.82 Å². The summed E-state index contributed by atoms with van der Waals surface area (Å²) in [4.78, 5) is 18.1. The molecule has 96 valence electrons. The first-order valence-corrected chi connectivity index (χ1v) is 5.18. The lowest BCUT2D eigenvalue weighted by molar-refractivity contribution is -0.384. The van der Waals surface area contributed by atoms with Crippen molar-refractivity contribution in [3.05, 3.63) is 39.7 Å². The molecule has 0 unspecified atom stereocenters. The van der Waals surface area contributed by atoms with Crippen molar-refractivity contribution in [3.8, 4) is 6.07 Å². The molecule has 9 nitrogen and oxygen atoms in total. The summed E-state index contributed by atoms with van der Waals surface area (Å²) in [5, 5.41) is 26.1. The number of nitrogens with zero attached hydrogens (tertiary/aromatic N) is 5. The maximum absolute atomic E-state index is 10.9. The zero-order chi connectivity index (χ0) is 13.8. The number of hydrogen-bond acceptors (Lipinski definition) is 8. The lowest BCUT2D eigenvalue weighted by Crippen LogP contribution is -2.06. The molecule has 2 heterocycles. The van der Waals surface area contributed by atoms with Gasteiger partial charge < -0.3 is 9.84 Å². The molecule has 0 radical (unpaired) electrons. The van der Waals surface area contributed by atoms with Gasteiger partial charge in [-0.15, -0.1) is 0 Å². The predicted octanol–water partition coefficient (Wildman–Crippen LogP) is 1.16. The van der Waals surface area contributed by atoms with Crippen molar-refractivity contribution in [2.24, 2.45) is 0 Å². The van der Waals surface area contributed by atoms with Crippen LogP contribution in [0.25, 0.3) is 0 Å². The molecule has 0 atom stereocenters. The van der Waals surface area contributed by atoms with Gasteiger partial charge in [0.05, 0.1) is 11.5 Å². The van der Waals surface area contributed by atoms with Crippen LogP contribution in [0.3, 0.4) is 0 Å². The van der Waals surface area contributed by atoms with Crippen LogP contribution in [0.4, 0.5) is 11.5 Å². The average Bonchev–Trinajstić information content (AvgIpc) is 2.81. The van der Waals surface area contributed by atoms with Crippen LogP contribution in [0.2, 0.25) is 0 Å². The summed E-state index contributed by atoms with van der Waals surface area (Å²) in [5.41, 5.74) is -0.439. The van der Waals surface area contributed by atoms with E-state index in [1.807, 2.05) is 0 Å². The number of aryl methyl sites for hydroxylation is 1. The van der Waals surface area contributed by atoms with E-state index in [-0.39, 0.29) is 29.5 Å². The van der Waals surface area contributed by atoms with Gasteiger partial charge in [0.1, 0.15) is 11.6 Å². The van der Waals surface area contributed by atoms with E-state index in [2.05, 4.69) is 20.4 Å². The first kappa shape index (κ1) is 12.4. The summed E-state index contributed by atoms with van der Waals surface area (Å²) in [6.07, 6.45) is 1.31. The Morgan fingerprint density at radius 3 is 3.00 bits per heavy atom. The van der Waals surface area contributed by atoms with Crippen LogP contribution < -0.4 is 5.32 Å². The lowest BCUT2D eigenvalue weighted by Gasteiger charge is -2.03. The van der Waals surface area contributed by atoms with Crippen LogP contribution in [0.1, 0.15) is 17.3 Å². The Morgan fingerprint density at radius 1 is 1.63 bits per heavy atom. The summed E-state index contributed by atoms with van der Waals surface area (Å²) < 4.78 is 4.86. The van der Waals surface area contributed by atoms with Gasteiger partial charge >= 0.3 is 5.69 Å². The van der Waals surface area contributed by atoms with Gasteiger partial charge in [0, 0.05) is 6.20 Å². The number of nitriles is 1. The normalized spacial score (nSPS) is 9.89. The third kappa shape index (κ3) is 2.63. The average molecular weight is 260 g/mol. The SMILES string of the molecule is Cc1noc(CNc2nccc(C#N)c2[N+](=O)[O-])n1. The van der Waals surface area contributed by atoms with Crippen molar-refractivity contribution >= 4 is 11.5 Å². The van der Waals surface area contributed by atoms with E-state index in [1.54, 1.807) is 13.0 Å². The summed E-state index contributed by atoms with van der Waals surface area (Å²) in [7, 11) is 0. The molecule has 1 N–H and O–H groups in total. The van der Waals surface area contributed by atoms with Crippen molar-refractivity contribution in [1.29, 1.82) is 5.26 Å². The predicted molar refractivity (Wildman–Crippen MR) is 62.0 cm³/mol. The molecule has 2 aromatic rings. The second-order valence-corrected chi connectivity index (χ2v) is 3.51. The van der Waals surface area contributed by atoms with Crippen molar-refractivity contribution in [2.45, 2.75) is 13.5 Å². The fraction of sp³-hybridized carbons (Fsp3) is 0.200. The molecule has 9 heteroatoms. The van der Waals surface area contributed by atoms with E-state index in [0.29, 0.717) is 5.82 Å². The smallest absolute Gasteiger partial charge is 0.328 e. The highest BCUT2D eigenvalue weighted by Gasteiger charge is 2.21. The molecule has 0 aliphatic carbocycles. The highest BCUT2D eigenvalue weighted by atomic mass is 16.6. The maximum Gasteiger partial charge on any atom is 0.328 e. The third-order valence-corrected chi connectivity index (χ3v) is 2.20. The van der Waals surface area contributed by atoms with Gasteiger partial charge in [-0.25, -0.2) is 4.98 Å². The minimum Gasteiger partial charge on any atom is -0.355 e. The van der Waals surface area contributed by atoms with E-state index in [4.69, 9.17) is 9.78 Å². The largest absolute Gasteiger partial charge is 0.355 e. The maximum atomic E-state index is 10.9. The minimum absolute atomic E-state index is 0.0140. The standard InChI is InChI=1S/C10H8N6O3/c1-6-14-8(19-15-6)5-13-10-9(16(17)18)7(4-11)2-3-12-10/h2-3H,5H2,1H3,(H,12,13). The second-order valence-electron chi connectivity index (χ2n) is 3.51. The fourth-order valence-corrected chi connectivity index (χ4v) is 1.43. The topological polar surface area (TPSA) is 131 Å². The van der Waals surface area contributed by atoms with Gasteiger partial charge in [-0.2, -0.15) is 10.2 Å². The van der Waals surface area contributed by atoms with Gasteiger partial charge in [-0.05, 0) is 13.0 Å². The Hall–Kier alpha value is -3.02. The van der Waals surface area contributed by atoms with Crippen LogP contribution in [0.15, 0.2) is 16.8 Å². The van der Waals surface area contributed by atoms with Crippen LogP contribution in [0, 0.1) is 28.4 Å². The van der Waals surface area contributed by atoms with Gasteiger partial charge in [0.25, 0.3) is 0 Å². The van der Waals surface area contributed by atoms with Gasteiger partial charge in [-0.1, -0.05) is 5.16 Å². The quantitative estimate of drug-likeness (QED) is 0.639. The molecule has 2 aromatic heterocycles. The highest BCUT2D eigenvalue weighted by molar-refractivity contribution is 5.63. The number of nitro groups is 1. The monoisotopic (exact) mass is 260 g/mol. The molecule has 0 saturated carbocycles. The molecule has 0 aliphatic rings. The third-order valence-electron chi connectivity index (χ3n) is 2.20.